The fraction of sp³-hybridized carbons (Fsp3) is 0. The van der Waals surface area contributed by atoms with E-state index in [-0.39, 0.29) is 0 Å². The maximum atomic E-state index is 5.64. The fourth-order valence-corrected chi connectivity index (χ4v) is 3.22. The molecule has 0 radical (unpaired) electrons. The molecule has 0 amide bonds. The summed E-state index contributed by atoms with van der Waals surface area (Å²) in [6, 6.07) is 10.3. The number of benzene rings is 1. The second-order valence-corrected chi connectivity index (χ2v) is 4.63. The van der Waals surface area contributed by atoms with Crippen LogP contribution in [-0.2, 0) is 0 Å². The average Bonchev–Trinajstić information content (AvgIpc) is 2.62. The average molecular weight is 221 g/mol. The Kier molecular flexibility index (Phi) is 1.23. The second-order valence-electron chi connectivity index (χ2n) is 2.71. The molecule has 0 N–H and O–H groups in total. The zero-order valence-electron chi connectivity index (χ0n) is 6.28. The number of rotatable bonds is 0. The van der Waals surface area contributed by atoms with Gasteiger partial charge in [0.2, 0.25) is 0 Å². The zero-order chi connectivity index (χ0) is 7.97. The van der Waals surface area contributed by atoms with Crippen molar-refractivity contribution in [3.8, 4) is 0 Å². The number of hydrogen-bond donors (Lipinski definition) is 0. The molecule has 2 heterocycles. The maximum absolute atomic E-state index is 5.64. The molecule has 0 spiro atoms. The summed E-state index contributed by atoms with van der Waals surface area (Å²) in [4.78, 5) is 2.20. The van der Waals surface area contributed by atoms with Gasteiger partial charge in [-0.3, -0.25) is 0 Å². The zero-order valence-corrected chi connectivity index (χ0v) is 7.99. The third-order valence-electron chi connectivity index (χ3n) is 1.98. The van der Waals surface area contributed by atoms with Crippen LogP contribution >= 0.6 is 0 Å². The number of furan rings is 1. The van der Waals surface area contributed by atoms with Gasteiger partial charge in [0.25, 0.3) is 0 Å². The van der Waals surface area contributed by atoms with Crippen molar-refractivity contribution in [1.29, 1.82) is 0 Å². The van der Waals surface area contributed by atoms with Crippen molar-refractivity contribution in [3.63, 3.8) is 0 Å². The van der Waals surface area contributed by atoms with Gasteiger partial charge in [0, 0.05) is 0 Å². The van der Waals surface area contributed by atoms with Crippen LogP contribution in [0.4, 0.5) is 0 Å². The molecule has 0 saturated heterocycles. The Morgan fingerprint density at radius 2 is 1.92 bits per heavy atom. The number of hydrogen-bond acceptors (Lipinski definition) is 1. The molecule has 0 saturated carbocycles. The van der Waals surface area contributed by atoms with Gasteiger partial charge in [0.05, 0.1) is 0 Å². The molecular weight excluding hydrogens is 215 g/mol. The molecule has 2 heteroatoms. The van der Waals surface area contributed by atoms with E-state index in [9.17, 15) is 0 Å². The SMILES string of the molecule is c1ccc2c(c1)oc1cc[se]c12. The molecule has 2 aromatic heterocycles. The second kappa shape index (κ2) is 2.25. The molecular formula is C10H6OSe. The summed E-state index contributed by atoms with van der Waals surface area (Å²) in [6.07, 6.45) is 0. The first kappa shape index (κ1) is 6.53. The van der Waals surface area contributed by atoms with E-state index in [2.05, 4.69) is 23.1 Å². The Labute approximate surface area is 75.3 Å². The normalized spacial score (nSPS) is 11.3. The van der Waals surface area contributed by atoms with Crippen molar-refractivity contribution in [2.24, 2.45) is 0 Å². The molecule has 0 aliphatic carbocycles. The quantitative estimate of drug-likeness (QED) is 0.532. The first-order valence-corrected chi connectivity index (χ1v) is 5.64. The summed E-state index contributed by atoms with van der Waals surface area (Å²) in [6.45, 7) is 0. The predicted octanol–water partition coefficient (Wildman–Crippen LogP) is 2.64. The number of fused-ring (bicyclic) bond motifs is 3. The Bertz CT molecular complexity index is 532. The van der Waals surface area contributed by atoms with Gasteiger partial charge < -0.3 is 0 Å². The third kappa shape index (κ3) is 0.739. The van der Waals surface area contributed by atoms with E-state index >= 15 is 0 Å². The van der Waals surface area contributed by atoms with Gasteiger partial charge in [-0.05, 0) is 0 Å². The third-order valence-corrected chi connectivity index (χ3v) is 3.93. The van der Waals surface area contributed by atoms with E-state index < -0.39 is 0 Å². The molecule has 1 nitrogen and oxygen atoms in total. The van der Waals surface area contributed by atoms with Crippen molar-refractivity contribution in [3.05, 3.63) is 35.3 Å². The first-order chi connectivity index (χ1) is 5.95. The molecule has 12 heavy (non-hydrogen) atoms. The van der Waals surface area contributed by atoms with Crippen LogP contribution in [0.2, 0.25) is 0 Å². The molecule has 1 aromatic carbocycles. The molecule has 0 aliphatic heterocycles. The van der Waals surface area contributed by atoms with Crippen molar-refractivity contribution in [2.45, 2.75) is 0 Å². The van der Waals surface area contributed by atoms with Crippen LogP contribution in [0.1, 0.15) is 0 Å². The Hall–Kier alpha value is -0.981. The van der Waals surface area contributed by atoms with Crippen LogP contribution < -0.4 is 0 Å². The summed E-state index contributed by atoms with van der Waals surface area (Å²) in [7, 11) is 0. The van der Waals surface area contributed by atoms with Crippen molar-refractivity contribution in [1.82, 2.24) is 0 Å². The Morgan fingerprint density at radius 3 is 2.92 bits per heavy atom. The van der Waals surface area contributed by atoms with Crippen LogP contribution in [0.5, 0.6) is 0 Å². The standard InChI is InChI=1S/C10H6OSe/c1-2-4-8-7(3-1)10-9(11-8)5-6-12-10/h1-6H. The molecule has 3 rings (SSSR count). The minimum absolute atomic E-state index is 0.488. The summed E-state index contributed by atoms with van der Waals surface area (Å²) in [5.41, 5.74) is 2.09. The molecule has 0 atom stereocenters. The van der Waals surface area contributed by atoms with E-state index in [4.69, 9.17) is 4.42 Å². The fourth-order valence-electron chi connectivity index (χ4n) is 1.44. The summed E-state index contributed by atoms with van der Waals surface area (Å²) in [5, 5.41) is 1.29. The molecule has 58 valence electrons. The van der Waals surface area contributed by atoms with Crippen molar-refractivity contribution in [2.75, 3.05) is 0 Å². The van der Waals surface area contributed by atoms with Crippen LogP contribution in [0.3, 0.4) is 0 Å². The van der Waals surface area contributed by atoms with Gasteiger partial charge in [0.15, 0.2) is 0 Å². The van der Waals surface area contributed by atoms with E-state index in [0.717, 1.165) is 11.2 Å². The van der Waals surface area contributed by atoms with Crippen LogP contribution in [-0.4, -0.2) is 14.5 Å². The van der Waals surface area contributed by atoms with Gasteiger partial charge in [-0.25, -0.2) is 0 Å². The van der Waals surface area contributed by atoms with Gasteiger partial charge in [-0.1, -0.05) is 0 Å². The Morgan fingerprint density at radius 1 is 1.00 bits per heavy atom. The molecule has 3 aromatic rings. The topological polar surface area (TPSA) is 13.1 Å². The molecule has 0 fully saturated rings. The van der Waals surface area contributed by atoms with Crippen LogP contribution in [0.15, 0.2) is 39.7 Å². The van der Waals surface area contributed by atoms with Gasteiger partial charge in [-0.2, -0.15) is 0 Å². The van der Waals surface area contributed by atoms with E-state index in [1.165, 1.54) is 9.65 Å². The van der Waals surface area contributed by atoms with Crippen LogP contribution in [0.25, 0.3) is 20.8 Å². The summed E-state index contributed by atoms with van der Waals surface area (Å²) >= 11 is 0.488. The summed E-state index contributed by atoms with van der Waals surface area (Å²) in [5.74, 6) is 0. The Balaban J connectivity index is 2.68. The van der Waals surface area contributed by atoms with Gasteiger partial charge >= 0.3 is 75.0 Å². The minimum atomic E-state index is 0.488. The molecule has 0 bridgehead atoms. The van der Waals surface area contributed by atoms with E-state index in [1.807, 2.05) is 12.1 Å². The van der Waals surface area contributed by atoms with E-state index in [0.29, 0.717) is 14.5 Å². The summed E-state index contributed by atoms with van der Waals surface area (Å²) < 4.78 is 7.04. The molecule has 0 unspecified atom stereocenters. The van der Waals surface area contributed by atoms with Gasteiger partial charge in [-0.15, -0.1) is 0 Å². The van der Waals surface area contributed by atoms with Gasteiger partial charge in [0.1, 0.15) is 0 Å². The predicted molar refractivity (Wildman–Crippen MR) is 50.7 cm³/mol. The van der Waals surface area contributed by atoms with Crippen molar-refractivity contribution < 1.29 is 4.42 Å². The first-order valence-electron chi connectivity index (χ1n) is 3.80. The number of para-hydroxylation sites is 1. The molecule has 0 aliphatic rings. The van der Waals surface area contributed by atoms with Crippen LogP contribution in [0, 0.1) is 0 Å². The monoisotopic (exact) mass is 222 g/mol. The van der Waals surface area contributed by atoms with Crippen molar-refractivity contribution >= 4 is 35.3 Å². The van der Waals surface area contributed by atoms with E-state index in [1.54, 1.807) is 0 Å².